The predicted octanol–water partition coefficient (Wildman–Crippen LogP) is 4.15. The Bertz CT molecular complexity index is 680. The van der Waals surface area contributed by atoms with Crippen LogP contribution in [0.4, 0.5) is 5.13 Å². The first-order valence-electron chi connectivity index (χ1n) is 8.97. The van der Waals surface area contributed by atoms with Gasteiger partial charge in [0.05, 0.1) is 18.5 Å². The first-order valence-corrected chi connectivity index (χ1v) is 9.84. The second-order valence-electron chi connectivity index (χ2n) is 6.31. The van der Waals surface area contributed by atoms with Crippen molar-refractivity contribution < 1.29 is 4.74 Å². The minimum absolute atomic E-state index is 0.737. The third-order valence-electron chi connectivity index (χ3n) is 4.23. The molecule has 0 unspecified atom stereocenters. The summed E-state index contributed by atoms with van der Waals surface area (Å²) in [4.78, 5) is 6.87. The van der Waals surface area contributed by atoms with Gasteiger partial charge >= 0.3 is 0 Å². The van der Waals surface area contributed by atoms with Gasteiger partial charge in [0, 0.05) is 17.5 Å². The van der Waals surface area contributed by atoms with Crippen molar-refractivity contribution in [2.75, 3.05) is 31.7 Å². The molecular formula is C19H26N4OS. The Balaban J connectivity index is 1.46. The number of piperidine rings is 1. The summed E-state index contributed by atoms with van der Waals surface area (Å²) < 4.78 is 5.98. The molecule has 0 radical (unpaired) electrons. The van der Waals surface area contributed by atoms with Crippen molar-refractivity contribution in [3.05, 3.63) is 40.9 Å². The highest BCUT2D eigenvalue weighted by Gasteiger charge is 2.09. The van der Waals surface area contributed by atoms with E-state index in [2.05, 4.69) is 20.4 Å². The zero-order valence-electron chi connectivity index (χ0n) is 14.8. The fourth-order valence-corrected chi connectivity index (χ4v) is 3.57. The Hall–Kier alpha value is -1.92. The van der Waals surface area contributed by atoms with Gasteiger partial charge in [-0.2, -0.15) is 5.10 Å². The lowest BCUT2D eigenvalue weighted by Gasteiger charge is -2.26. The summed E-state index contributed by atoms with van der Waals surface area (Å²) in [5.41, 5.74) is 4.94. The van der Waals surface area contributed by atoms with Crippen LogP contribution in [0.1, 0.15) is 36.9 Å². The molecule has 0 aliphatic carbocycles. The van der Waals surface area contributed by atoms with E-state index in [-0.39, 0.29) is 0 Å². The van der Waals surface area contributed by atoms with Crippen LogP contribution in [-0.4, -0.2) is 42.3 Å². The van der Waals surface area contributed by atoms with E-state index in [4.69, 9.17) is 4.74 Å². The summed E-state index contributed by atoms with van der Waals surface area (Å²) in [7, 11) is 0. The molecule has 1 saturated heterocycles. The number of hydrogen-bond donors (Lipinski definition) is 1. The Morgan fingerprint density at radius 1 is 1.28 bits per heavy atom. The molecule has 5 nitrogen and oxygen atoms in total. The van der Waals surface area contributed by atoms with Crippen LogP contribution < -0.4 is 10.2 Å². The maximum atomic E-state index is 5.98. The number of thiazole rings is 1. The van der Waals surface area contributed by atoms with E-state index in [1.807, 2.05) is 36.6 Å². The van der Waals surface area contributed by atoms with Crippen LogP contribution in [0.5, 0.6) is 5.75 Å². The van der Waals surface area contributed by atoms with Gasteiger partial charge in [0.1, 0.15) is 5.75 Å². The molecule has 2 aromatic rings. The highest BCUT2D eigenvalue weighted by Crippen LogP contribution is 2.18. The molecule has 1 N–H and O–H groups in total. The summed E-state index contributed by atoms with van der Waals surface area (Å²) in [5.74, 6) is 0.877. The van der Waals surface area contributed by atoms with Gasteiger partial charge in [-0.25, -0.2) is 4.98 Å². The lowest BCUT2D eigenvalue weighted by Crippen LogP contribution is -2.31. The molecule has 0 atom stereocenters. The van der Waals surface area contributed by atoms with Crippen molar-refractivity contribution in [2.24, 2.45) is 5.10 Å². The standard InChI is InChI=1S/C19H26N4OS/c1-16-15-25-19(21-16)22-20-14-17-8-3-4-9-18(17)24-13-7-12-23-10-5-2-6-11-23/h3-4,8-9,14-15H,2,5-7,10-13H2,1H3,(H,21,22). The molecule has 0 bridgehead atoms. The monoisotopic (exact) mass is 358 g/mol. The molecule has 1 aromatic heterocycles. The summed E-state index contributed by atoms with van der Waals surface area (Å²) in [5, 5.41) is 7.07. The Morgan fingerprint density at radius 2 is 2.12 bits per heavy atom. The molecule has 1 aliphatic rings. The number of para-hydroxylation sites is 1. The molecule has 0 amide bonds. The first-order chi connectivity index (χ1) is 12.3. The van der Waals surface area contributed by atoms with Crippen LogP contribution in [0.3, 0.4) is 0 Å². The lowest BCUT2D eigenvalue weighted by molar-refractivity contribution is 0.205. The number of benzene rings is 1. The van der Waals surface area contributed by atoms with Crippen molar-refractivity contribution in [3.63, 3.8) is 0 Å². The number of hydrogen-bond acceptors (Lipinski definition) is 6. The van der Waals surface area contributed by atoms with Crippen LogP contribution in [0.15, 0.2) is 34.7 Å². The molecular weight excluding hydrogens is 332 g/mol. The average molecular weight is 359 g/mol. The minimum Gasteiger partial charge on any atom is -0.493 e. The topological polar surface area (TPSA) is 49.8 Å². The highest BCUT2D eigenvalue weighted by atomic mass is 32.1. The second-order valence-corrected chi connectivity index (χ2v) is 7.16. The number of likely N-dealkylation sites (tertiary alicyclic amines) is 1. The number of aryl methyl sites for hydroxylation is 1. The Morgan fingerprint density at radius 3 is 2.92 bits per heavy atom. The Kier molecular flexibility index (Phi) is 6.82. The molecule has 1 fully saturated rings. The van der Waals surface area contributed by atoms with Gasteiger partial charge in [0.25, 0.3) is 0 Å². The van der Waals surface area contributed by atoms with Gasteiger partial charge in [-0.15, -0.1) is 11.3 Å². The summed E-state index contributed by atoms with van der Waals surface area (Å²) >= 11 is 1.55. The van der Waals surface area contributed by atoms with Gasteiger partial charge in [0.15, 0.2) is 0 Å². The van der Waals surface area contributed by atoms with Crippen molar-refractivity contribution >= 4 is 22.7 Å². The predicted molar refractivity (Wildman–Crippen MR) is 105 cm³/mol. The van der Waals surface area contributed by atoms with E-state index >= 15 is 0 Å². The van der Waals surface area contributed by atoms with Gasteiger partial charge in [-0.1, -0.05) is 18.6 Å². The molecule has 25 heavy (non-hydrogen) atoms. The maximum absolute atomic E-state index is 5.98. The van der Waals surface area contributed by atoms with E-state index < -0.39 is 0 Å². The third kappa shape index (κ3) is 5.83. The normalized spacial score (nSPS) is 15.6. The van der Waals surface area contributed by atoms with E-state index in [0.29, 0.717) is 0 Å². The first kappa shape index (κ1) is 17.9. The van der Waals surface area contributed by atoms with Crippen molar-refractivity contribution in [3.8, 4) is 5.75 Å². The zero-order valence-corrected chi connectivity index (χ0v) is 15.6. The van der Waals surface area contributed by atoms with Crippen LogP contribution >= 0.6 is 11.3 Å². The number of nitrogens with zero attached hydrogens (tertiary/aromatic N) is 3. The van der Waals surface area contributed by atoms with Gasteiger partial charge in [0.2, 0.25) is 5.13 Å². The maximum Gasteiger partial charge on any atom is 0.203 e. The van der Waals surface area contributed by atoms with E-state index in [9.17, 15) is 0 Å². The summed E-state index contributed by atoms with van der Waals surface area (Å²) in [6, 6.07) is 8.00. The lowest BCUT2D eigenvalue weighted by atomic mass is 10.1. The smallest absolute Gasteiger partial charge is 0.203 e. The fourth-order valence-electron chi connectivity index (χ4n) is 2.93. The number of hydrazone groups is 1. The van der Waals surface area contributed by atoms with Crippen LogP contribution in [-0.2, 0) is 0 Å². The third-order valence-corrected chi connectivity index (χ3v) is 5.09. The van der Waals surface area contributed by atoms with Crippen molar-refractivity contribution in [1.29, 1.82) is 0 Å². The molecule has 134 valence electrons. The molecule has 0 saturated carbocycles. The zero-order chi connectivity index (χ0) is 17.3. The van der Waals surface area contributed by atoms with Crippen molar-refractivity contribution in [1.82, 2.24) is 9.88 Å². The van der Waals surface area contributed by atoms with E-state index in [0.717, 1.165) is 41.7 Å². The molecule has 0 spiro atoms. The van der Waals surface area contributed by atoms with Crippen LogP contribution in [0.25, 0.3) is 0 Å². The average Bonchev–Trinajstić information content (AvgIpc) is 3.06. The van der Waals surface area contributed by atoms with Gasteiger partial charge in [-0.05, 0) is 51.4 Å². The second kappa shape index (κ2) is 9.53. The molecule has 3 rings (SSSR count). The molecule has 6 heteroatoms. The largest absolute Gasteiger partial charge is 0.493 e. The SMILES string of the molecule is Cc1csc(NN=Cc2ccccc2OCCCN2CCCCC2)n1. The van der Waals surface area contributed by atoms with Crippen LogP contribution in [0, 0.1) is 6.92 Å². The van der Waals surface area contributed by atoms with Crippen molar-refractivity contribution in [2.45, 2.75) is 32.6 Å². The summed E-state index contributed by atoms with van der Waals surface area (Å²) in [6.45, 7) is 6.32. The number of ether oxygens (including phenoxy) is 1. The molecule has 2 heterocycles. The number of rotatable bonds is 8. The molecule has 1 aliphatic heterocycles. The number of nitrogens with one attached hydrogen (secondary N) is 1. The molecule has 1 aromatic carbocycles. The van der Waals surface area contributed by atoms with Crippen LogP contribution in [0.2, 0.25) is 0 Å². The van der Waals surface area contributed by atoms with E-state index in [1.54, 1.807) is 17.6 Å². The number of aromatic nitrogens is 1. The van der Waals surface area contributed by atoms with Gasteiger partial charge < -0.3 is 9.64 Å². The highest BCUT2D eigenvalue weighted by molar-refractivity contribution is 7.13. The van der Waals surface area contributed by atoms with Gasteiger partial charge in [-0.3, -0.25) is 5.43 Å². The Labute approximate surface area is 153 Å². The fraction of sp³-hybridized carbons (Fsp3) is 0.474. The summed E-state index contributed by atoms with van der Waals surface area (Å²) in [6.07, 6.45) is 6.91. The quantitative estimate of drug-likeness (QED) is 0.437. The minimum atomic E-state index is 0.737. The van der Waals surface area contributed by atoms with E-state index in [1.165, 1.54) is 32.4 Å². The number of anilines is 1.